The summed E-state index contributed by atoms with van der Waals surface area (Å²) in [4.78, 5) is 22.8. The van der Waals surface area contributed by atoms with Crippen molar-refractivity contribution in [3.63, 3.8) is 0 Å². The van der Waals surface area contributed by atoms with Gasteiger partial charge in [0.2, 0.25) is 0 Å². The number of nitrogens with zero attached hydrogens (tertiary/aromatic N) is 3. The summed E-state index contributed by atoms with van der Waals surface area (Å²) in [5.41, 5.74) is 1.24. The van der Waals surface area contributed by atoms with Crippen LogP contribution in [-0.2, 0) is 6.54 Å². The predicted octanol–water partition coefficient (Wildman–Crippen LogP) is 2.23. The Bertz CT molecular complexity index is 813. The van der Waals surface area contributed by atoms with E-state index in [0.29, 0.717) is 5.69 Å². The van der Waals surface area contributed by atoms with Crippen LogP contribution in [-0.4, -0.2) is 32.1 Å². The van der Waals surface area contributed by atoms with Gasteiger partial charge in [-0.15, -0.1) is 0 Å². The highest BCUT2D eigenvalue weighted by Crippen LogP contribution is 2.18. The first-order valence-electron chi connectivity index (χ1n) is 6.58. The van der Waals surface area contributed by atoms with Gasteiger partial charge in [-0.05, 0) is 36.3 Å². The number of hydrogen-bond donors (Lipinski definition) is 2. The molecule has 122 valence electrons. The van der Waals surface area contributed by atoms with Crippen LogP contribution in [0.1, 0.15) is 5.56 Å². The topological polar surface area (TPSA) is 89.2 Å². The van der Waals surface area contributed by atoms with Gasteiger partial charge in [0.25, 0.3) is 0 Å². The quantitative estimate of drug-likeness (QED) is 0.826. The first-order chi connectivity index (χ1) is 10.9. The lowest BCUT2D eigenvalue weighted by Crippen LogP contribution is -2.29. The van der Waals surface area contributed by atoms with Gasteiger partial charge in [-0.1, -0.05) is 15.9 Å². The van der Waals surface area contributed by atoms with E-state index in [2.05, 4.69) is 21.0 Å². The summed E-state index contributed by atoms with van der Waals surface area (Å²) in [5, 5.41) is 14.5. The van der Waals surface area contributed by atoms with Gasteiger partial charge < -0.3 is 10.4 Å². The van der Waals surface area contributed by atoms with Crippen LogP contribution in [0.3, 0.4) is 0 Å². The Balaban J connectivity index is 2.23. The van der Waals surface area contributed by atoms with E-state index in [-0.39, 0.29) is 25.0 Å². The van der Waals surface area contributed by atoms with Gasteiger partial charge in [-0.3, -0.25) is 0 Å². The van der Waals surface area contributed by atoms with Gasteiger partial charge in [0, 0.05) is 11.0 Å². The van der Waals surface area contributed by atoms with Crippen LogP contribution < -0.4 is 11.0 Å². The molecule has 2 N–H and O–H groups in total. The Morgan fingerprint density at radius 3 is 2.87 bits per heavy atom. The van der Waals surface area contributed by atoms with E-state index in [4.69, 9.17) is 5.11 Å². The molecule has 1 amide bonds. The van der Waals surface area contributed by atoms with Gasteiger partial charge in [0.05, 0.1) is 18.6 Å². The molecule has 2 rings (SSSR count). The van der Waals surface area contributed by atoms with Crippen molar-refractivity contribution >= 4 is 22.0 Å². The van der Waals surface area contributed by atoms with E-state index in [0.717, 1.165) is 14.7 Å². The predicted molar refractivity (Wildman–Crippen MR) is 85.5 cm³/mol. The summed E-state index contributed by atoms with van der Waals surface area (Å²) >= 11 is 3.38. The zero-order valence-corrected chi connectivity index (χ0v) is 13.7. The normalized spacial score (nSPS) is 11.5. The minimum absolute atomic E-state index is 0.0896. The smallest absolute Gasteiger partial charge is 0.404 e. The van der Waals surface area contributed by atoms with Crippen molar-refractivity contribution in [2.24, 2.45) is 0 Å². The molecule has 0 bridgehead atoms. The second-order valence-corrected chi connectivity index (χ2v) is 5.66. The molecule has 1 aromatic carbocycles. The van der Waals surface area contributed by atoms with E-state index < -0.39 is 11.8 Å². The number of carboxylic acid groups (broad SMARTS) is 1. The maximum Gasteiger partial charge on any atom is 0.404 e. The second kappa shape index (κ2) is 7.23. The third-order valence-electron chi connectivity index (χ3n) is 3.13. The van der Waals surface area contributed by atoms with Gasteiger partial charge in [-0.25, -0.2) is 23.2 Å². The molecule has 0 unspecified atom stereocenters. The number of halogens is 2. The fourth-order valence-electron chi connectivity index (χ4n) is 1.91. The lowest BCUT2D eigenvalue weighted by molar-refractivity contribution is 0.195. The number of aromatic nitrogens is 3. The Morgan fingerprint density at radius 2 is 2.26 bits per heavy atom. The minimum atomic E-state index is -1.27. The van der Waals surface area contributed by atoms with Gasteiger partial charge >= 0.3 is 11.8 Å². The minimum Gasteiger partial charge on any atom is -0.465 e. The van der Waals surface area contributed by atoms with Crippen LogP contribution in [0.2, 0.25) is 0 Å². The summed E-state index contributed by atoms with van der Waals surface area (Å²) in [7, 11) is 0. The van der Waals surface area contributed by atoms with E-state index >= 15 is 0 Å². The zero-order valence-electron chi connectivity index (χ0n) is 12.2. The number of nitrogens with one attached hydrogen (secondary N) is 1. The van der Waals surface area contributed by atoms with Gasteiger partial charge in [0.15, 0.2) is 0 Å². The molecule has 2 aromatic rings. The Hall–Kier alpha value is -2.42. The SMILES string of the molecule is Cc1cc(-n2cnn(CC(=CF)CNC(=O)O)c2=O)ccc1Br. The Kier molecular flexibility index (Phi) is 5.32. The maximum absolute atomic E-state index is 12.8. The molecule has 0 aliphatic rings. The highest BCUT2D eigenvalue weighted by atomic mass is 79.9. The monoisotopic (exact) mass is 384 g/mol. The van der Waals surface area contributed by atoms with Crippen LogP contribution in [0, 0.1) is 6.92 Å². The number of rotatable bonds is 5. The number of amides is 1. The standard InChI is InChI=1S/C14H14BrFN4O3/c1-9-4-11(2-3-12(9)15)19-8-18-20(14(19)23)7-10(5-16)6-17-13(21)22/h2-5,8,17H,6-7H2,1H3,(H,21,22). The van der Waals surface area contributed by atoms with Gasteiger partial charge in [0.1, 0.15) is 6.33 Å². The molecule has 9 heteroatoms. The summed E-state index contributed by atoms with van der Waals surface area (Å²) in [5.74, 6) is 0. The van der Waals surface area contributed by atoms with E-state index in [1.54, 1.807) is 6.07 Å². The highest BCUT2D eigenvalue weighted by Gasteiger charge is 2.10. The van der Waals surface area contributed by atoms with Crippen molar-refractivity contribution < 1.29 is 14.3 Å². The highest BCUT2D eigenvalue weighted by molar-refractivity contribution is 9.10. The fourth-order valence-corrected chi connectivity index (χ4v) is 2.16. The number of hydrogen-bond acceptors (Lipinski definition) is 3. The van der Waals surface area contributed by atoms with Crippen molar-refractivity contribution in [1.82, 2.24) is 19.7 Å². The van der Waals surface area contributed by atoms with Crippen molar-refractivity contribution in [2.75, 3.05) is 6.54 Å². The fraction of sp³-hybridized carbons (Fsp3) is 0.214. The maximum atomic E-state index is 12.8. The third-order valence-corrected chi connectivity index (χ3v) is 4.02. The van der Waals surface area contributed by atoms with Crippen molar-refractivity contribution in [1.29, 1.82) is 0 Å². The first-order valence-corrected chi connectivity index (χ1v) is 7.37. The lowest BCUT2D eigenvalue weighted by Gasteiger charge is -2.05. The number of benzene rings is 1. The molecule has 23 heavy (non-hydrogen) atoms. The molecular formula is C14H14BrFN4O3. The van der Waals surface area contributed by atoms with Crippen molar-refractivity contribution in [3.8, 4) is 5.69 Å². The van der Waals surface area contributed by atoms with E-state index in [9.17, 15) is 14.0 Å². The molecule has 0 aliphatic heterocycles. The summed E-state index contributed by atoms with van der Waals surface area (Å²) in [6.07, 6.45) is 0.337. The second-order valence-electron chi connectivity index (χ2n) is 4.80. The molecule has 0 fully saturated rings. The average molecular weight is 385 g/mol. The third kappa shape index (κ3) is 4.07. The molecule has 0 spiro atoms. The Labute approximate surface area is 139 Å². The molecule has 0 radical (unpaired) electrons. The van der Waals surface area contributed by atoms with Crippen LogP contribution in [0.4, 0.5) is 9.18 Å². The Morgan fingerprint density at radius 1 is 1.52 bits per heavy atom. The average Bonchev–Trinajstić information content (AvgIpc) is 2.87. The van der Waals surface area contributed by atoms with Crippen LogP contribution in [0.5, 0.6) is 0 Å². The lowest BCUT2D eigenvalue weighted by atomic mass is 10.2. The molecule has 1 heterocycles. The molecule has 0 saturated carbocycles. The summed E-state index contributed by atoms with van der Waals surface area (Å²) < 4.78 is 16.1. The molecule has 0 saturated heterocycles. The molecule has 0 atom stereocenters. The molecule has 1 aromatic heterocycles. The summed E-state index contributed by atoms with van der Waals surface area (Å²) in [6.45, 7) is 1.53. The van der Waals surface area contributed by atoms with Crippen LogP contribution >= 0.6 is 15.9 Å². The van der Waals surface area contributed by atoms with E-state index in [1.165, 1.54) is 10.9 Å². The van der Waals surface area contributed by atoms with Crippen LogP contribution in [0.15, 0.2) is 45.7 Å². The molecule has 7 nitrogen and oxygen atoms in total. The van der Waals surface area contributed by atoms with Crippen LogP contribution in [0.25, 0.3) is 5.69 Å². The molecular weight excluding hydrogens is 371 g/mol. The summed E-state index contributed by atoms with van der Waals surface area (Å²) in [6, 6.07) is 5.38. The van der Waals surface area contributed by atoms with Crippen molar-refractivity contribution in [3.05, 3.63) is 56.9 Å². The van der Waals surface area contributed by atoms with Gasteiger partial charge in [-0.2, -0.15) is 5.10 Å². The number of carbonyl (C=O) groups is 1. The largest absolute Gasteiger partial charge is 0.465 e. The molecule has 0 aliphatic carbocycles. The number of aryl methyl sites for hydroxylation is 1. The van der Waals surface area contributed by atoms with Crippen molar-refractivity contribution in [2.45, 2.75) is 13.5 Å². The van der Waals surface area contributed by atoms with E-state index in [1.807, 2.05) is 24.4 Å². The zero-order chi connectivity index (χ0) is 17.0. The first kappa shape index (κ1) is 16.9.